The van der Waals surface area contributed by atoms with Crippen LogP contribution in [0.1, 0.15) is 16.8 Å². The van der Waals surface area contributed by atoms with Crippen LogP contribution in [0.3, 0.4) is 0 Å². The third kappa shape index (κ3) is 6.13. The summed E-state index contributed by atoms with van der Waals surface area (Å²) in [6.45, 7) is 3.55. The lowest BCUT2D eigenvalue weighted by Crippen LogP contribution is -2.52. The molecule has 0 aliphatic carbocycles. The molecule has 4 rings (SSSR count). The second-order valence-electron chi connectivity index (χ2n) is 8.81. The van der Waals surface area contributed by atoms with Crippen molar-refractivity contribution in [2.75, 3.05) is 11.9 Å². The molecule has 9 heteroatoms. The summed E-state index contributed by atoms with van der Waals surface area (Å²) in [6.07, 6.45) is 0.177. The van der Waals surface area contributed by atoms with Gasteiger partial charge in [-0.05, 0) is 55.3 Å². The number of nitrogens with zero attached hydrogens (tertiary/aromatic N) is 2. The maximum Gasteiger partial charge on any atom is 0.329 e. The number of urea groups is 1. The number of nitrogens with one attached hydrogen (secondary N) is 2. The number of rotatable bonds is 7. The minimum Gasteiger partial charge on any atom is -0.325 e. The molecule has 37 heavy (non-hydrogen) atoms. The number of benzene rings is 3. The standard InChI is InChI=1S/C28H28N4O4S/c1-19-9-7-8-12-26(19)37(35,36)31-28(34)30-25(17-21-10-5-4-6-11-21)27(33)32(3)23-15-16-24-22(18-23)14-13-20(2)29-24/h4-16,18,25H,17H2,1-3H3,(H2,30,31,34). The highest BCUT2D eigenvalue weighted by Crippen LogP contribution is 2.22. The average molecular weight is 517 g/mol. The Labute approximate surface area is 216 Å². The van der Waals surface area contributed by atoms with Crippen LogP contribution in [-0.4, -0.2) is 38.4 Å². The summed E-state index contributed by atoms with van der Waals surface area (Å²) in [5, 5.41) is 3.45. The molecular formula is C28H28N4O4S. The number of aryl methyl sites for hydroxylation is 2. The number of likely N-dealkylation sites (N-methyl/N-ethyl adjacent to an activating group) is 1. The number of amides is 3. The van der Waals surface area contributed by atoms with Crippen LogP contribution in [0.2, 0.25) is 0 Å². The Balaban J connectivity index is 1.58. The van der Waals surface area contributed by atoms with E-state index in [1.54, 1.807) is 38.2 Å². The van der Waals surface area contributed by atoms with E-state index in [2.05, 4.69) is 10.3 Å². The van der Waals surface area contributed by atoms with Crippen molar-refractivity contribution in [3.05, 3.63) is 102 Å². The van der Waals surface area contributed by atoms with E-state index in [0.717, 1.165) is 22.2 Å². The zero-order chi connectivity index (χ0) is 26.6. The van der Waals surface area contributed by atoms with E-state index in [9.17, 15) is 18.0 Å². The largest absolute Gasteiger partial charge is 0.329 e. The number of carbonyl (C=O) groups is 2. The van der Waals surface area contributed by atoms with Crippen molar-refractivity contribution >= 4 is 38.6 Å². The smallest absolute Gasteiger partial charge is 0.325 e. The summed E-state index contributed by atoms with van der Waals surface area (Å²) >= 11 is 0. The van der Waals surface area contributed by atoms with Crippen molar-refractivity contribution in [3.8, 4) is 0 Å². The van der Waals surface area contributed by atoms with E-state index < -0.39 is 28.0 Å². The van der Waals surface area contributed by atoms with Crippen LogP contribution in [0.5, 0.6) is 0 Å². The molecule has 1 aromatic heterocycles. The van der Waals surface area contributed by atoms with Crippen LogP contribution in [0.4, 0.5) is 10.5 Å². The molecule has 0 aliphatic rings. The number of fused-ring (bicyclic) bond motifs is 1. The maximum absolute atomic E-state index is 13.6. The Hall–Kier alpha value is -4.24. The zero-order valence-electron chi connectivity index (χ0n) is 20.8. The van der Waals surface area contributed by atoms with E-state index in [1.165, 1.54) is 11.0 Å². The third-order valence-corrected chi connectivity index (χ3v) is 7.52. The Morgan fingerprint density at radius 2 is 1.62 bits per heavy atom. The molecule has 1 atom stereocenters. The van der Waals surface area contributed by atoms with Crippen molar-refractivity contribution in [3.63, 3.8) is 0 Å². The Kier molecular flexibility index (Phi) is 7.54. The molecule has 4 aromatic rings. The highest BCUT2D eigenvalue weighted by atomic mass is 32.2. The number of hydrogen-bond donors (Lipinski definition) is 2. The minimum absolute atomic E-state index is 0.00628. The molecule has 0 radical (unpaired) electrons. The molecule has 0 fully saturated rings. The summed E-state index contributed by atoms with van der Waals surface area (Å²) in [6, 6.07) is 22.9. The topological polar surface area (TPSA) is 108 Å². The maximum atomic E-state index is 13.6. The fourth-order valence-corrected chi connectivity index (χ4v) is 5.22. The van der Waals surface area contributed by atoms with E-state index >= 15 is 0 Å². The number of carbonyl (C=O) groups excluding carboxylic acids is 2. The zero-order valence-corrected chi connectivity index (χ0v) is 21.6. The molecule has 3 aromatic carbocycles. The van der Waals surface area contributed by atoms with E-state index in [4.69, 9.17) is 0 Å². The third-order valence-electron chi connectivity index (χ3n) is 6.03. The van der Waals surface area contributed by atoms with Crippen LogP contribution in [0.25, 0.3) is 10.9 Å². The molecule has 1 unspecified atom stereocenters. The lowest BCUT2D eigenvalue weighted by Gasteiger charge is -2.25. The van der Waals surface area contributed by atoms with Gasteiger partial charge in [0.05, 0.1) is 10.4 Å². The Bertz CT molecular complexity index is 1560. The summed E-state index contributed by atoms with van der Waals surface area (Å²) in [5.74, 6) is -0.397. The molecular weight excluding hydrogens is 488 g/mol. The average Bonchev–Trinajstić information content (AvgIpc) is 2.87. The van der Waals surface area contributed by atoms with Crippen molar-refractivity contribution in [2.24, 2.45) is 0 Å². The predicted molar refractivity (Wildman–Crippen MR) is 144 cm³/mol. The van der Waals surface area contributed by atoms with Crippen LogP contribution < -0.4 is 14.9 Å². The molecule has 0 bridgehead atoms. The first-order valence-corrected chi connectivity index (χ1v) is 13.2. The number of hydrogen-bond acceptors (Lipinski definition) is 5. The van der Waals surface area contributed by atoms with Gasteiger partial charge in [-0.25, -0.2) is 17.9 Å². The van der Waals surface area contributed by atoms with Crippen molar-refractivity contribution in [1.82, 2.24) is 15.0 Å². The predicted octanol–water partition coefficient (Wildman–Crippen LogP) is 4.11. The SMILES string of the molecule is Cc1ccc2cc(N(C)C(=O)C(Cc3ccccc3)NC(=O)NS(=O)(=O)c3ccccc3C)ccc2n1. The Morgan fingerprint density at radius 1 is 0.919 bits per heavy atom. The van der Waals surface area contributed by atoms with E-state index in [0.29, 0.717) is 11.3 Å². The molecule has 3 amide bonds. The van der Waals surface area contributed by atoms with Crippen molar-refractivity contribution < 1.29 is 18.0 Å². The molecule has 8 nitrogen and oxygen atoms in total. The van der Waals surface area contributed by atoms with E-state index in [1.807, 2.05) is 66.2 Å². The molecule has 0 saturated heterocycles. The highest BCUT2D eigenvalue weighted by Gasteiger charge is 2.28. The Morgan fingerprint density at radius 3 is 2.35 bits per heavy atom. The van der Waals surface area contributed by atoms with Gasteiger partial charge in [-0.1, -0.05) is 54.6 Å². The van der Waals surface area contributed by atoms with Gasteiger partial charge in [0.15, 0.2) is 0 Å². The van der Waals surface area contributed by atoms with Gasteiger partial charge in [0.2, 0.25) is 5.91 Å². The fourth-order valence-electron chi connectivity index (χ4n) is 4.06. The summed E-state index contributed by atoms with van der Waals surface area (Å²) in [7, 11) is -2.51. The molecule has 0 spiro atoms. The van der Waals surface area contributed by atoms with Crippen molar-refractivity contribution in [1.29, 1.82) is 0 Å². The van der Waals surface area contributed by atoms with Crippen molar-refractivity contribution in [2.45, 2.75) is 31.2 Å². The molecule has 190 valence electrons. The first kappa shape index (κ1) is 25.8. The monoisotopic (exact) mass is 516 g/mol. The fraction of sp³-hybridized carbons (Fsp3) is 0.179. The molecule has 2 N–H and O–H groups in total. The first-order valence-electron chi connectivity index (χ1n) is 11.7. The number of pyridine rings is 1. The van der Waals surface area contributed by atoms with Crippen LogP contribution in [-0.2, 0) is 21.2 Å². The van der Waals surface area contributed by atoms with Gasteiger partial charge in [-0.2, -0.15) is 0 Å². The van der Waals surface area contributed by atoms with Gasteiger partial charge in [-0.3, -0.25) is 9.78 Å². The van der Waals surface area contributed by atoms with Gasteiger partial charge in [-0.15, -0.1) is 0 Å². The van der Waals surface area contributed by atoms with Gasteiger partial charge in [0.1, 0.15) is 6.04 Å². The second kappa shape index (κ2) is 10.8. The lowest BCUT2D eigenvalue weighted by molar-refractivity contribution is -0.120. The summed E-state index contributed by atoms with van der Waals surface area (Å²) < 4.78 is 27.6. The van der Waals surface area contributed by atoms with Gasteiger partial charge in [0, 0.05) is 30.2 Å². The van der Waals surface area contributed by atoms with Crippen LogP contribution in [0, 0.1) is 13.8 Å². The number of anilines is 1. The number of aromatic nitrogens is 1. The van der Waals surface area contributed by atoms with Crippen LogP contribution in [0.15, 0.2) is 89.8 Å². The quantitative estimate of drug-likeness (QED) is 0.384. The molecule has 0 saturated carbocycles. The highest BCUT2D eigenvalue weighted by molar-refractivity contribution is 7.90. The van der Waals surface area contributed by atoms with Gasteiger partial charge < -0.3 is 10.2 Å². The van der Waals surface area contributed by atoms with Gasteiger partial charge in [0.25, 0.3) is 10.0 Å². The van der Waals surface area contributed by atoms with Crippen LogP contribution >= 0.6 is 0 Å². The first-order chi connectivity index (χ1) is 17.6. The summed E-state index contributed by atoms with van der Waals surface area (Å²) in [4.78, 5) is 32.3. The minimum atomic E-state index is -4.13. The molecule has 0 aliphatic heterocycles. The number of sulfonamides is 1. The second-order valence-corrected chi connectivity index (χ2v) is 10.5. The normalized spacial score (nSPS) is 12.1. The van der Waals surface area contributed by atoms with E-state index in [-0.39, 0.29) is 11.3 Å². The molecule has 1 heterocycles. The lowest BCUT2D eigenvalue weighted by atomic mass is 10.0. The van der Waals surface area contributed by atoms with Gasteiger partial charge >= 0.3 is 6.03 Å². The summed E-state index contributed by atoms with van der Waals surface area (Å²) in [5.41, 5.74) is 3.64.